The second-order valence-electron chi connectivity index (χ2n) is 4.19. The maximum atomic E-state index is 12.3. The van der Waals surface area contributed by atoms with Gasteiger partial charge in [0.05, 0.1) is 18.3 Å². The molecule has 0 saturated heterocycles. The molecule has 0 aliphatic carbocycles. The van der Waals surface area contributed by atoms with E-state index in [-0.39, 0.29) is 5.91 Å². The van der Waals surface area contributed by atoms with Crippen molar-refractivity contribution in [3.63, 3.8) is 0 Å². The Balaban J connectivity index is 2.12. The minimum atomic E-state index is -0.427. The van der Waals surface area contributed by atoms with Gasteiger partial charge in [0.1, 0.15) is 12.4 Å². The molecule has 1 aliphatic rings. The van der Waals surface area contributed by atoms with E-state index in [1.165, 1.54) is 0 Å². The number of fused-ring (bicyclic) bond motifs is 1. The zero-order valence-electron chi connectivity index (χ0n) is 10.5. The van der Waals surface area contributed by atoms with Crippen LogP contribution < -0.4 is 15.4 Å². The van der Waals surface area contributed by atoms with E-state index >= 15 is 0 Å². The van der Waals surface area contributed by atoms with Crippen molar-refractivity contribution >= 4 is 23.4 Å². The zero-order chi connectivity index (χ0) is 13.0. The minimum Gasteiger partial charge on any atom is -0.490 e. The van der Waals surface area contributed by atoms with Crippen LogP contribution in [0.1, 0.15) is 6.42 Å². The summed E-state index contributed by atoms with van der Waals surface area (Å²) < 4.78 is 5.53. The molecular formula is C13H18N2O2S. The lowest BCUT2D eigenvalue weighted by Crippen LogP contribution is -2.47. The lowest BCUT2D eigenvalue weighted by Gasteiger charge is -2.31. The molecule has 98 valence electrons. The second kappa shape index (κ2) is 6.11. The van der Waals surface area contributed by atoms with Crippen molar-refractivity contribution in [1.29, 1.82) is 0 Å². The SMILES string of the molecule is CSCC[C@H](N)C(=O)N1CCOc2ccccc21. The van der Waals surface area contributed by atoms with Gasteiger partial charge < -0.3 is 15.4 Å². The number of ether oxygens (including phenoxy) is 1. The molecule has 2 N–H and O–H groups in total. The lowest BCUT2D eigenvalue weighted by atomic mass is 10.1. The van der Waals surface area contributed by atoms with Gasteiger partial charge in [0, 0.05) is 0 Å². The number of amides is 1. The number of hydrogen-bond donors (Lipinski definition) is 1. The molecule has 1 amide bonds. The number of thioether (sulfide) groups is 1. The van der Waals surface area contributed by atoms with Crippen LogP contribution in [-0.4, -0.2) is 37.1 Å². The Morgan fingerprint density at radius 3 is 3.11 bits per heavy atom. The van der Waals surface area contributed by atoms with Gasteiger partial charge in [-0.05, 0) is 30.6 Å². The van der Waals surface area contributed by atoms with Gasteiger partial charge in [0.25, 0.3) is 0 Å². The molecule has 18 heavy (non-hydrogen) atoms. The fourth-order valence-electron chi connectivity index (χ4n) is 1.97. The highest BCUT2D eigenvalue weighted by Crippen LogP contribution is 2.31. The van der Waals surface area contributed by atoms with Crippen molar-refractivity contribution < 1.29 is 9.53 Å². The summed E-state index contributed by atoms with van der Waals surface area (Å²) in [6.07, 6.45) is 2.72. The standard InChI is InChI=1S/C13H18N2O2S/c1-18-9-6-10(14)13(16)15-7-8-17-12-5-3-2-4-11(12)15/h2-5,10H,6-9,14H2,1H3/t10-/m0/s1. The van der Waals surface area contributed by atoms with Crippen LogP contribution >= 0.6 is 11.8 Å². The Labute approximate surface area is 111 Å². The van der Waals surface area contributed by atoms with Crippen LogP contribution in [0.4, 0.5) is 5.69 Å². The molecule has 4 nitrogen and oxygen atoms in total. The predicted molar refractivity (Wildman–Crippen MR) is 75.3 cm³/mol. The van der Waals surface area contributed by atoms with Crippen LogP contribution in [-0.2, 0) is 4.79 Å². The van der Waals surface area contributed by atoms with Gasteiger partial charge in [-0.1, -0.05) is 12.1 Å². The van der Waals surface area contributed by atoms with Crippen molar-refractivity contribution in [3.8, 4) is 5.75 Å². The Morgan fingerprint density at radius 1 is 1.56 bits per heavy atom. The molecule has 0 unspecified atom stereocenters. The molecule has 0 radical (unpaired) electrons. The molecule has 0 bridgehead atoms. The number of anilines is 1. The Bertz CT molecular complexity index is 425. The first-order valence-corrected chi connectivity index (χ1v) is 7.41. The minimum absolute atomic E-state index is 0.0141. The largest absolute Gasteiger partial charge is 0.490 e. The molecule has 1 atom stereocenters. The molecule has 1 aliphatic heterocycles. The van der Waals surface area contributed by atoms with E-state index in [0.29, 0.717) is 19.6 Å². The summed E-state index contributed by atoms with van der Waals surface area (Å²) in [5.74, 6) is 1.65. The maximum absolute atomic E-state index is 12.3. The summed E-state index contributed by atoms with van der Waals surface area (Å²) in [5, 5.41) is 0. The number of carbonyl (C=O) groups excluding carboxylic acids is 1. The van der Waals surface area contributed by atoms with Crippen molar-refractivity contribution in [3.05, 3.63) is 24.3 Å². The zero-order valence-corrected chi connectivity index (χ0v) is 11.3. The molecule has 0 fully saturated rings. The Hall–Kier alpha value is -1.20. The number of rotatable bonds is 4. The normalized spacial score (nSPS) is 15.8. The summed E-state index contributed by atoms with van der Waals surface area (Å²) in [5.41, 5.74) is 6.77. The van der Waals surface area contributed by atoms with Gasteiger partial charge >= 0.3 is 0 Å². The molecule has 1 heterocycles. The molecular weight excluding hydrogens is 248 g/mol. The van der Waals surface area contributed by atoms with Crippen LogP contribution in [0.25, 0.3) is 0 Å². The first-order chi connectivity index (χ1) is 8.74. The van der Waals surface area contributed by atoms with Crippen LogP contribution in [0, 0.1) is 0 Å². The van der Waals surface area contributed by atoms with E-state index in [9.17, 15) is 4.79 Å². The summed E-state index contributed by atoms with van der Waals surface area (Å²) in [7, 11) is 0. The number of hydrogen-bond acceptors (Lipinski definition) is 4. The number of nitrogens with zero attached hydrogens (tertiary/aromatic N) is 1. The van der Waals surface area contributed by atoms with Crippen molar-refractivity contribution in [2.24, 2.45) is 5.73 Å². The van der Waals surface area contributed by atoms with Crippen molar-refractivity contribution in [2.45, 2.75) is 12.5 Å². The van der Waals surface area contributed by atoms with Gasteiger partial charge in [-0.15, -0.1) is 0 Å². The number of para-hydroxylation sites is 2. The predicted octanol–water partition coefficient (Wildman–Crippen LogP) is 1.49. The average Bonchev–Trinajstić information content (AvgIpc) is 2.43. The second-order valence-corrected chi connectivity index (χ2v) is 5.18. The van der Waals surface area contributed by atoms with Gasteiger partial charge in [0.2, 0.25) is 5.91 Å². The molecule has 1 aromatic rings. The quantitative estimate of drug-likeness (QED) is 0.897. The van der Waals surface area contributed by atoms with Gasteiger partial charge in [0.15, 0.2) is 0 Å². The third-order valence-corrected chi connectivity index (χ3v) is 3.59. The summed E-state index contributed by atoms with van der Waals surface area (Å²) in [6.45, 7) is 1.10. The van der Waals surface area contributed by atoms with E-state index < -0.39 is 6.04 Å². The van der Waals surface area contributed by atoms with Gasteiger partial charge in [-0.3, -0.25) is 4.79 Å². The highest BCUT2D eigenvalue weighted by molar-refractivity contribution is 7.98. The van der Waals surface area contributed by atoms with Crippen molar-refractivity contribution in [1.82, 2.24) is 0 Å². The summed E-state index contributed by atoms with van der Waals surface area (Å²) in [4.78, 5) is 14.0. The van der Waals surface area contributed by atoms with Crippen LogP contribution in [0.5, 0.6) is 5.75 Å². The summed E-state index contributed by atoms with van der Waals surface area (Å²) >= 11 is 1.70. The summed E-state index contributed by atoms with van der Waals surface area (Å²) in [6, 6.07) is 7.15. The highest BCUT2D eigenvalue weighted by atomic mass is 32.2. The Kier molecular flexibility index (Phi) is 4.49. The first-order valence-electron chi connectivity index (χ1n) is 6.01. The number of nitrogens with two attached hydrogens (primary N) is 1. The highest BCUT2D eigenvalue weighted by Gasteiger charge is 2.26. The van der Waals surface area contributed by atoms with Crippen molar-refractivity contribution in [2.75, 3.05) is 30.1 Å². The van der Waals surface area contributed by atoms with E-state index in [1.54, 1.807) is 16.7 Å². The van der Waals surface area contributed by atoms with Gasteiger partial charge in [-0.25, -0.2) is 0 Å². The third kappa shape index (κ3) is 2.79. The molecule has 0 saturated carbocycles. The third-order valence-electron chi connectivity index (χ3n) is 2.94. The van der Waals surface area contributed by atoms with Crippen LogP contribution in [0.3, 0.4) is 0 Å². The van der Waals surface area contributed by atoms with E-state index in [4.69, 9.17) is 10.5 Å². The van der Waals surface area contributed by atoms with E-state index in [1.807, 2.05) is 30.5 Å². The monoisotopic (exact) mass is 266 g/mol. The topological polar surface area (TPSA) is 55.6 Å². The van der Waals surface area contributed by atoms with E-state index in [0.717, 1.165) is 17.2 Å². The smallest absolute Gasteiger partial charge is 0.244 e. The average molecular weight is 266 g/mol. The van der Waals surface area contributed by atoms with Crippen LogP contribution in [0.2, 0.25) is 0 Å². The van der Waals surface area contributed by atoms with E-state index in [2.05, 4.69) is 0 Å². The lowest BCUT2D eigenvalue weighted by molar-refractivity contribution is -0.120. The fraction of sp³-hybridized carbons (Fsp3) is 0.462. The molecule has 2 rings (SSSR count). The fourth-order valence-corrected chi connectivity index (χ4v) is 2.46. The molecule has 1 aromatic carbocycles. The number of carbonyl (C=O) groups is 1. The van der Waals surface area contributed by atoms with Crippen LogP contribution in [0.15, 0.2) is 24.3 Å². The molecule has 0 spiro atoms. The Morgan fingerprint density at radius 2 is 2.33 bits per heavy atom. The first kappa shape index (κ1) is 13.2. The molecule has 5 heteroatoms. The van der Waals surface area contributed by atoms with Gasteiger partial charge in [-0.2, -0.15) is 11.8 Å². The molecule has 0 aromatic heterocycles. The maximum Gasteiger partial charge on any atom is 0.244 e. The number of benzene rings is 1.